The summed E-state index contributed by atoms with van der Waals surface area (Å²) in [5.74, 6) is 0. The maximum Gasteiger partial charge on any atom is 0.345 e. The molecule has 0 radical (unpaired) electrons. The van der Waals surface area contributed by atoms with Gasteiger partial charge < -0.3 is 9.79 Å². The first-order valence-corrected chi connectivity index (χ1v) is 16.5. The summed E-state index contributed by atoms with van der Waals surface area (Å²) in [5, 5.41) is 0. The largest absolute Gasteiger partial charge is 0.345 e. The van der Waals surface area contributed by atoms with Crippen molar-refractivity contribution in [2.75, 3.05) is 6.23 Å². The predicted octanol–water partition coefficient (Wildman–Crippen LogP) is 2.05. The molecular weight excluding hydrogens is 323 g/mol. The standard InChI is InChI=1S/C9H25O6PSSi2/c1-18(2,3)7-9(16(10,11)12)17(13,14)15-8-19(4,5)6/h9H,7-8H2,1-6H3,(H2,10,11,12). The van der Waals surface area contributed by atoms with Crippen LogP contribution < -0.4 is 0 Å². The van der Waals surface area contributed by atoms with E-state index in [1.54, 1.807) is 0 Å². The van der Waals surface area contributed by atoms with E-state index in [0.29, 0.717) is 0 Å². The molecule has 0 aromatic heterocycles. The number of hydrogen-bond acceptors (Lipinski definition) is 4. The van der Waals surface area contributed by atoms with E-state index < -0.39 is 38.9 Å². The van der Waals surface area contributed by atoms with Crippen LogP contribution in [0.3, 0.4) is 0 Å². The van der Waals surface area contributed by atoms with E-state index in [1.165, 1.54) is 0 Å². The van der Waals surface area contributed by atoms with E-state index in [2.05, 4.69) is 0 Å². The highest BCUT2D eigenvalue weighted by molar-refractivity contribution is 7.94. The fraction of sp³-hybridized carbons (Fsp3) is 1.00. The van der Waals surface area contributed by atoms with Crippen LogP contribution in [0.1, 0.15) is 0 Å². The van der Waals surface area contributed by atoms with Gasteiger partial charge in [-0.05, 0) is 6.04 Å². The van der Waals surface area contributed by atoms with E-state index in [4.69, 9.17) is 4.18 Å². The van der Waals surface area contributed by atoms with E-state index in [1.807, 2.05) is 39.3 Å². The third-order valence-electron chi connectivity index (χ3n) is 2.15. The molecule has 0 bridgehead atoms. The summed E-state index contributed by atoms with van der Waals surface area (Å²) in [7, 11) is -12.7. The van der Waals surface area contributed by atoms with Crippen molar-refractivity contribution in [2.24, 2.45) is 0 Å². The molecule has 1 atom stereocenters. The van der Waals surface area contributed by atoms with Crippen molar-refractivity contribution in [3.05, 3.63) is 0 Å². The zero-order valence-electron chi connectivity index (χ0n) is 12.4. The zero-order chi connectivity index (χ0) is 15.7. The van der Waals surface area contributed by atoms with Crippen LogP contribution in [0.5, 0.6) is 0 Å². The van der Waals surface area contributed by atoms with Crippen molar-refractivity contribution in [3.63, 3.8) is 0 Å². The van der Waals surface area contributed by atoms with Crippen LogP contribution in [0.4, 0.5) is 0 Å². The molecule has 6 nitrogen and oxygen atoms in total. The minimum atomic E-state index is -4.74. The van der Waals surface area contributed by atoms with E-state index >= 15 is 0 Å². The van der Waals surface area contributed by atoms with Gasteiger partial charge >= 0.3 is 7.60 Å². The van der Waals surface area contributed by atoms with Crippen LogP contribution >= 0.6 is 7.60 Å². The van der Waals surface area contributed by atoms with E-state index in [0.717, 1.165) is 0 Å². The Hall–Kier alpha value is 0.494. The molecule has 0 aliphatic rings. The average molecular weight is 349 g/mol. The summed E-state index contributed by atoms with van der Waals surface area (Å²) in [5.41, 5.74) is 0. The van der Waals surface area contributed by atoms with Gasteiger partial charge in [-0.15, -0.1) is 0 Å². The average Bonchev–Trinajstić information content (AvgIpc) is 2.07. The second-order valence-electron chi connectivity index (χ2n) is 7.12. The summed E-state index contributed by atoms with van der Waals surface area (Å²) < 4.78 is 40.4. The Balaban J connectivity index is 5.22. The monoisotopic (exact) mass is 348 g/mol. The predicted molar refractivity (Wildman–Crippen MR) is 82.2 cm³/mol. The molecule has 0 saturated carbocycles. The molecular formula is C9H25O6PSSi2. The maximum absolute atomic E-state index is 12.0. The van der Waals surface area contributed by atoms with Crippen LogP contribution in [0.25, 0.3) is 0 Å². The third-order valence-corrected chi connectivity index (χ3v) is 9.45. The molecule has 0 rings (SSSR count). The molecule has 10 heteroatoms. The van der Waals surface area contributed by atoms with Crippen molar-refractivity contribution in [2.45, 2.75) is 50.3 Å². The van der Waals surface area contributed by atoms with Crippen LogP contribution in [0, 0.1) is 0 Å². The fourth-order valence-corrected chi connectivity index (χ4v) is 11.0. The smallest absolute Gasteiger partial charge is 0.323 e. The minimum Gasteiger partial charge on any atom is -0.323 e. The van der Waals surface area contributed by atoms with Crippen molar-refractivity contribution >= 4 is 33.9 Å². The molecule has 116 valence electrons. The number of rotatable bonds is 7. The Kier molecular flexibility index (Phi) is 6.24. The van der Waals surface area contributed by atoms with Gasteiger partial charge in [0, 0.05) is 8.07 Å². The van der Waals surface area contributed by atoms with Crippen LogP contribution in [-0.2, 0) is 18.9 Å². The molecule has 2 N–H and O–H groups in total. The summed E-state index contributed by atoms with van der Waals surface area (Å²) in [6.07, 6.45) is 0.0392. The normalized spacial score (nSPS) is 16.4. The first-order chi connectivity index (χ1) is 8.05. The lowest BCUT2D eigenvalue weighted by Gasteiger charge is -2.26. The summed E-state index contributed by atoms with van der Waals surface area (Å²) in [4.78, 5) is 16.8. The first kappa shape index (κ1) is 19.5. The lowest BCUT2D eigenvalue weighted by molar-refractivity contribution is 0.346. The molecule has 0 spiro atoms. The SMILES string of the molecule is C[Si](C)(C)COS(=O)(=O)C(C[Si](C)(C)C)P(=O)(O)O. The van der Waals surface area contributed by atoms with Gasteiger partial charge in [-0.3, -0.25) is 8.75 Å². The third kappa shape index (κ3) is 8.39. The lowest BCUT2D eigenvalue weighted by atomic mass is 10.9. The topological polar surface area (TPSA) is 101 Å². The van der Waals surface area contributed by atoms with Crippen LogP contribution in [-0.4, -0.2) is 45.6 Å². The number of hydrogen-bond donors (Lipinski definition) is 2. The summed E-state index contributed by atoms with van der Waals surface area (Å²) in [6, 6.07) is -0.00862. The van der Waals surface area contributed by atoms with Crippen molar-refractivity contribution < 1.29 is 27.0 Å². The molecule has 0 aliphatic heterocycles. The molecule has 0 fully saturated rings. The molecule has 0 amide bonds. The lowest BCUT2D eigenvalue weighted by Crippen LogP contribution is -2.36. The van der Waals surface area contributed by atoms with Crippen LogP contribution in [0.15, 0.2) is 0 Å². The van der Waals surface area contributed by atoms with Crippen LogP contribution in [0.2, 0.25) is 45.3 Å². The van der Waals surface area contributed by atoms with Gasteiger partial charge in [0.1, 0.15) is 0 Å². The van der Waals surface area contributed by atoms with Gasteiger partial charge in [0.05, 0.1) is 14.3 Å². The molecule has 19 heavy (non-hydrogen) atoms. The second kappa shape index (κ2) is 6.09. The molecule has 0 saturated heterocycles. The van der Waals surface area contributed by atoms with Gasteiger partial charge in [0.2, 0.25) is 0 Å². The quantitative estimate of drug-likeness (QED) is 0.415. The van der Waals surface area contributed by atoms with Gasteiger partial charge in [-0.1, -0.05) is 39.3 Å². The Labute approximate surface area is 117 Å². The Bertz CT molecular complexity index is 444. The van der Waals surface area contributed by atoms with Gasteiger partial charge in [-0.2, -0.15) is 8.42 Å². The van der Waals surface area contributed by atoms with Crippen molar-refractivity contribution in [1.29, 1.82) is 0 Å². The molecule has 0 aliphatic carbocycles. The zero-order valence-corrected chi connectivity index (χ0v) is 16.1. The molecule has 1 unspecified atom stereocenters. The highest BCUT2D eigenvalue weighted by Crippen LogP contribution is 2.48. The molecule has 0 aromatic carbocycles. The molecule has 0 aromatic rings. The fourth-order valence-electron chi connectivity index (χ4n) is 1.25. The van der Waals surface area contributed by atoms with Gasteiger partial charge in [0.15, 0.2) is 4.99 Å². The van der Waals surface area contributed by atoms with Crippen molar-refractivity contribution in [3.8, 4) is 0 Å². The Morgan fingerprint density at radius 1 is 1.05 bits per heavy atom. The molecule has 0 heterocycles. The summed E-state index contributed by atoms with van der Waals surface area (Å²) >= 11 is 0. The highest BCUT2D eigenvalue weighted by atomic mass is 32.2. The van der Waals surface area contributed by atoms with Crippen molar-refractivity contribution in [1.82, 2.24) is 0 Å². The van der Waals surface area contributed by atoms with E-state index in [9.17, 15) is 22.8 Å². The first-order valence-electron chi connectivity index (χ1n) is 5.98. The van der Waals surface area contributed by atoms with Gasteiger partial charge in [-0.25, -0.2) is 0 Å². The summed E-state index contributed by atoms with van der Waals surface area (Å²) in [6.45, 7) is 11.4. The van der Waals surface area contributed by atoms with E-state index in [-0.39, 0.29) is 12.3 Å². The maximum atomic E-state index is 12.0. The van der Waals surface area contributed by atoms with Gasteiger partial charge in [0.25, 0.3) is 10.1 Å². The Morgan fingerprint density at radius 2 is 1.47 bits per heavy atom. The Morgan fingerprint density at radius 3 is 1.74 bits per heavy atom. The minimum absolute atomic E-state index is 0.00862. The highest BCUT2D eigenvalue weighted by Gasteiger charge is 2.44. The second-order valence-corrected chi connectivity index (χ2v) is 22.0.